The lowest BCUT2D eigenvalue weighted by molar-refractivity contribution is -0.134. The van der Waals surface area contributed by atoms with E-state index < -0.39 is 11.6 Å². The molecule has 6 nitrogen and oxygen atoms in total. The van der Waals surface area contributed by atoms with Crippen LogP contribution in [0.3, 0.4) is 0 Å². The highest BCUT2D eigenvalue weighted by molar-refractivity contribution is 7.10. The van der Waals surface area contributed by atoms with Crippen molar-refractivity contribution in [2.24, 2.45) is 5.92 Å². The number of hydrogen-bond donors (Lipinski definition) is 2. The number of thiophene rings is 1. The standard InChI is InChI=1S/C15H21N3O3S/c1-10(2)6-7-16-12(19)9-18-13(20)15(3,17-14(18)21)11-5-4-8-22-11/h4-5,8,10H,6-7,9H2,1-3H3,(H,16,19)(H,17,21). The van der Waals surface area contributed by atoms with Gasteiger partial charge in [-0.2, -0.15) is 0 Å². The molecule has 1 aliphatic rings. The molecule has 0 aromatic carbocycles. The minimum absolute atomic E-state index is 0.246. The van der Waals surface area contributed by atoms with E-state index in [2.05, 4.69) is 24.5 Å². The summed E-state index contributed by atoms with van der Waals surface area (Å²) in [6, 6.07) is 3.10. The minimum atomic E-state index is -1.08. The zero-order valence-electron chi connectivity index (χ0n) is 13.0. The number of hydrogen-bond acceptors (Lipinski definition) is 4. The highest BCUT2D eigenvalue weighted by Gasteiger charge is 2.50. The van der Waals surface area contributed by atoms with Crippen LogP contribution >= 0.6 is 11.3 Å². The summed E-state index contributed by atoms with van der Waals surface area (Å²) in [5, 5.41) is 7.26. The van der Waals surface area contributed by atoms with Crippen LogP contribution in [0.5, 0.6) is 0 Å². The lowest BCUT2D eigenvalue weighted by Gasteiger charge is -2.20. The quantitative estimate of drug-likeness (QED) is 0.782. The molecule has 2 N–H and O–H groups in total. The zero-order chi connectivity index (χ0) is 16.3. The largest absolute Gasteiger partial charge is 0.355 e. The number of rotatable bonds is 6. The number of amides is 4. The molecule has 0 spiro atoms. The number of carbonyl (C=O) groups is 3. The molecule has 0 radical (unpaired) electrons. The van der Waals surface area contributed by atoms with Gasteiger partial charge in [0.05, 0.1) is 0 Å². The Morgan fingerprint density at radius 2 is 2.18 bits per heavy atom. The second-order valence-electron chi connectivity index (χ2n) is 5.96. The van der Waals surface area contributed by atoms with Crippen LogP contribution in [0.15, 0.2) is 17.5 Å². The van der Waals surface area contributed by atoms with E-state index in [1.54, 1.807) is 13.0 Å². The van der Waals surface area contributed by atoms with Crippen LogP contribution in [0.1, 0.15) is 32.1 Å². The Hall–Kier alpha value is -1.89. The van der Waals surface area contributed by atoms with Crippen LogP contribution in [0.4, 0.5) is 4.79 Å². The molecular formula is C15H21N3O3S. The molecule has 4 amide bonds. The smallest absolute Gasteiger partial charge is 0.325 e. The Bertz CT molecular complexity index is 571. The van der Waals surface area contributed by atoms with Crippen LogP contribution in [-0.2, 0) is 15.1 Å². The first kappa shape index (κ1) is 16.5. The van der Waals surface area contributed by atoms with Crippen molar-refractivity contribution in [2.75, 3.05) is 13.1 Å². The average Bonchev–Trinajstić information content (AvgIpc) is 3.03. The fourth-order valence-corrected chi connectivity index (χ4v) is 3.11. The normalized spacial score (nSPS) is 21.4. The first-order chi connectivity index (χ1) is 10.3. The number of urea groups is 1. The Balaban J connectivity index is 1.99. The fraction of sp³-hybridized carbons (Fsp3) is 0.533. The van der Waals surface area contributed by atoms with Gasteiger partial charge in [0, 0.05) is 11.4 Å². The van der Waals surface area contributed by atoms with Crippen LogP contribution in [0.25, 0.3) is 0 Å². The molecule has 7 heteroatoms. The Kier molecular flexibility index (Phi) is 4.85. The Labute approximate surface area is 133 Å². The van der Waals surface area contributed by atoms with Gasteiger partial charge in [-0.25, -0.2) is 4.79 Å². The van der Waals surface area contributed by atoms with Crippen LogP contribution in [0.2, 0.25) is 0 Å². The van der Waals surface area contributed by atoms with Crippen LogP contribution < -0.4 is 10.6 Å². The van der Waals surface area contributed by atoms with Gasteiger partial charge in [0.1, 0.15) is 6.54 Å². The Morgan fingerprint density at radius 1 is 1.45 bits per heavy atom. The van der Waals surface area contributed by atoms with Crippen molar-refractivity contribution in [3.05, 3.63) is 22.4 Å². The number of nitrogens with one attached hydrogen (secondary N) is 2. The Morgan fingerprint density at radius 3 is 2.77 bits per heavy atom. The van der Waals surface area contributed by atoms with Crippen LogP contribution in [0, 0.1) is 5.92 Å². The molecule has 1 aromatic rings. The van der Waals surface area contributed by atoms with Gasteiger partial charge < -0.3 is 10.6 Å². The lowest BCUT2D eigenvalue weighted by atomic mass is 10.0. The predicted molar refractivity (Wildman–Crippen MR) is 84.4 cm³/mol. The van der Waals surface area contributed by atoms with E-state index in [9.17, 15) is 14.4 Å². The average molecular weight is 323 g/mol. The van der Waals surface area contributed by atoms with Crippen molar-refractivity contribution in [3.63, 3.8) is 0 Å². The second-order valence-corrected chi connectivity index (χ2v) is 6.90. The molecular weight excluding hydrogens is 302 g/mol. The predicted octanol–water partition coefficient (Wildman–Crippen LogP) is 1.68. The minimum Gasteiger partial charge on any atom is -0.355 e. The SMILES string of the molecule is CC(C)CCNC(=O)CN1C(=O)NC(C)(c2cccs2)C1=O. The maximum atomic E-state index is 12.5. The first-order valence-corrected chi connectivity index (χ1v) is 8.17. The number of nitrogens with zero attached hydrogens (tertiary/aromatic N) is 1. The summed E-state index contributed by atoms with van der Waals surface area (Å²) in [6.45, 7) is 6.09. The van der Waals surface area contributed by atoms with E-state index in [4.69, 9.17) is 0 Å². The van der Waals surface area contributed by atoms with E-state index >= 15 is 0 Å². The highest BCUT2D eigenvalue weighted by atomic mass is 32.1. The monoisotopic (exact) mass is 323 g/mol. The topological polar surface area (TPSA) is 78.5 Å². The number of imide groups is 1. The molecule has 1 aromatic heterocycles. The van der Waals surface area contributed by atoms with Crippen molar-refractivity contribution >= 4 is 29.2 Å². The molecule has 1 atom stereocenters. The van der Waals surface area contributed by atoms with Gasteiger partial charge in [-0.05, 0) is 30.7 Å². The van der Waals surface area contributed by atoms with Gasteiger partial charge in [-0.1, -0.05) is 19.9 Å². The molecule has 1 fully saturated rings. The fourth-order valence-electron chi connectivity index (χ4n) is 2.27. The number of carbonyl (C=O) groups excluding carboxylic acids is 3. The third-order valence-electron chi connectivity index (χ3n) is 3.63. The maximum Gasteiger partial charge on any atom is 0.325 e. The zero-order valence-corrected chi connectivity index (χ0v) is 13.8. The second kappa shape index (κ2) is 6.48. The van der Waals surface area contributed by atoms with Gasteiger partial charge in [-0.3, -0.25) is 14.5 Å². The summed E-state index contributed by atoms with van der Waals surface area (Å²) >= 11 is 1.40. The summed E-state index contributed by atoms with van der Waals surface area (Å²) in [4.78, 5) is 38.2. The third kappa shape index (κ3) is 3.30. The van der Waals surface area contributed by atoms with Crippen molar-refractivity contribution in [1.82, 2.24) is 15.5 Å². The van der Waals surface area contributed by atoms with E-state index in [0.29, 0.717) is 12.5 Å². The van der Waals surface area contributed by atoms with E-state index in [1.165, 1.54) is 11.3 Å². The molecule has 0 bridgehead atoms. The van der Waals surface area contributed by atoms with Gasteiger partial charge in [-0.15, -0.1) is 11.3 Å². The summed E-state index contributed by atoms with van der Waals surface area (Å²) in [5.41, 5.74) is -1.08. The summed E-state index contributed by atoms with van der Waals surface area (Å²) in [5.74, 6) is -0.224. The lowest BCUT2D eigenvalue weighted by Crippen LogP contribution is -2.43. The summed E-state index contributed by atoms with van der Waals surface area (Å²) < 4.78 is 0. The molecule has 22 heavy (non-hydrogen) atoms. The van der Waals surface area contributed by atoms with Crippen LogP contribution in [-0.4, -0.2) is 35.8 Å². The van der Waals surface area contributed by atoms with Gasteiger partial charge in [0.15, 0.2) is 5.54 Å². The molecule has 2 rings (SSSR count). The molecule has 0 aliphatic carbocycles. The van der Waals surface area contributed by atoms with E-state index in [0.717, 1.165) is 16.2 Å². The van der Waals surface area contributed by atoms with Gasteiger partial charge in [0.2, 0.25) is 5.91 Å². The molecule has 1 unspecified atom stereocenters. The molecule has 120 valence electrons. The first-order valence-electron chi connectivity index (χ1n) is 7.29. The van der Waals surface area contributed by atoms with Gasteiger partial charge in [0.25, 0.3) is 5.91 Å². The van der Waals surface area contributed by atoms with Crippen molar-refractivity contribution < 1.29 is 14.4 Å². The van der Waals surface area contributed by atoms with Gasteiger partial charge >= 0.3 is 6.03 Å². The van der Waals surface area contributed by atoms with E-state index in [1.807, 2.05) is 11.4 Å². The van der Waals surface area contributed by atoms with Crippen molar-refractivity contribution in [1.29, 1.82) is 0 Å². The summed E-state index contributed by atoms with van der Waals surface area (Å²) in [7, 11) is 0. The third-order valence-corrected chi connectivity index (χ3v) is 4.73. The maximum absolute atomic E-state index is 12.5. The molecule has 2 heterocycles. The molecule has 1 aliphatic heterocycles. The van der Waals surface area contributed by atoms with Crippen molar-refractivity contribution in [3.8, 4) is 0 Å². The van der Waals surface area contributed by atoms with E-state index in [-0.39, 0.29) is 18.4 Å². The summed E-state index contributed by atoms with van der Waals surface area (Å²) in [6.07, 6.45) is 0.860. The molecule has 0 saturated carbocycles. The highest BCUT2D eigenvalue weighted by Crippen LogP contribution is 2.31. The van der Waals surface area contributed by atoms with Crippen molar-refractivity contribution in [2.45, 2.75) is 32.7 Å². The molecule has 1 saturated heterocycles.